The Hall–Kier alpha value is -0.0800. The van der Waals surface area contributed by atoms with E-state index in [9.17, 15) is 0 Å². The average molecular weight is 453 g/mol. The number of rotatable bonds is 8. The van der Waals surface area contributed by atoms with Gasteiger partial charge in [-0.1, -0.05) is 6.42 Å². The average Bonchev–Trinajstić information content (AvgIpc) is 2.48. The van der Waals surface area contributed by atoms with Gasteiger partial charge in [-0.2, -0.15) is 0 Å². The minimum Gasteiger partial charge on any atom is -0.357 e. The summed E-state index contributed by atoms with van der Waals surface area (Å²) in [6, 6.07) is 0.752. The maximum absolute atomic E-state index is 4.70. The summed E-state index contributed by atoms with van der Waals surface area (Å²) in [4.78, 5) is 7.31. The maximum atomic E-state index is 4.70. The summed E-state index contributed by atoms with van der Waals surface area (Å²) >= 11 is 0. The second-order valence-electron chi connectivity index (χ2n) is 7.60. The smallest absolute Gasteiger partial charge is 0.191 e. The monoisotopic (exact) mass is 453 g/mol. The van der Waals surface area contributed by atoms with Gasteiger partial charge >= 0.3 is 0 Å². The number of aliphatic imine (C=N–C) groups is 1. The van der Waals surface area contributed by atoms with Gasteiger partial charge in [0.2, 0.25) is 0 Å². The number of hydrogen-bond donors (Lipinski definition) is 3. The molecule has 1 saturated heterocycles. The Morgan fingerprint density at radius 2 is 1.92 bits per heavy atom. The molecule has 0 saturated carbocycles. The lowest BCUT2D eigenvalue weighted by Gasteiger charge is -2.33. The quantitative estimate of drug-likeness (QED) is 0.229. The molecule has 144 valence electrons. The molecule has 3 N–H and O–H groups in total. The normalized spacial score (nSPS) is 19.7. The highest BCUT2D eigenvalue weighted by molar-refractivity contribution is 14.0. The first kappa shape index (κ1) is 23.9. The fourth-order valence-corrected chi connectivity index (χ4v) is 2.91. The van der Waals surface area contributed by atoms with Crippen molar-refractivity contribution < 1.29 is 0 Å². The van der Waals surface area contributed by atoms with Gasteiger partial charge in [-0.25, -0.2) is 0 Å². The topological polar surface area (TPSA) is 51.7 Å². The van der Waals surface area contributed by atoms with Crippen LogP contribution in [0, 0.1) is 0 Å². The van der Waals surface area contributed by atoms with E-state index in [1.54, 1.807) is 0 Å². The molecule has 0 amide bonds. The summed E-state index contributed by atoms with van der Waals surface area (Å²) in [5.41, 5.74) is 0.169. The van der Waals surface area contributed by atoms with E-state index >= 15 is 0 Å². The van der Waals surface area contributed by atoms with Crippen LogP contribution < -0.4 is 16.0 Å². The van der Waals surface area contributed by atoms with Gasteiger partial charge in [-0.3, -0.25) is 4.99 Å². The van der Waals surface area contributed by atoms with Crippen LogP contribution in [0.5, 0.6) is 0 Å². The summed E-state index contributed by atoms with van der Waals surface area (Å²) < 4.78 is 0. The molecule has 1 fully saturated rings. The number of halogens is 1. The molecule has 0 aromatic heterocycles. The van der Waals surface area contributed by atoms with Crippen LogP contribution in [0.15, 0.2) is 4.99 Å². The van der Waals surface area contributed by atoms with Crippen molar-refractivity contribution in [3.05, 3.63) is 0 Å². The molecule has 0 aromatic carbocycles. The van der Waals surface area contributed by atoms with Crippen molar-refractivity contribution in [1.82, 2.24) is 20.9 Å². The largest absolute Gasteiger partial charge is 0.357 e. The lowest BCUT2D eigenvalue weighted by molar-refractivity contribution is 0.160. The van der Waals surface area contributed by atoms with E-state index in [1.165, 1.54) is 32.4 Å². The maximum Gasteiger partial charge on any atom is 0.191 e. The second-order valence-corrected chi connectivity index (χ2v) is 7.60. The Bertz CT molecular complexity index is 341. The molecule has 1 rings (SSSR count). The summed E-state index contributed by atoms with van der Waals surface area (Å²) in [5.74, 6) is 0.940. The molecule has 0 aromatic rings. The number of guanidine groups is 1. The Morgan fingerprint density at radius 1 is 1.17 bits per heavy atom. The number of piperidine rings is 1. The molecular weight excluding hydrogens is 413 g/mol. The second kappa shape index (κ2) is 13.2. The highest BCUT2D eigenvalue weighted by Crippen LogP contribution is 2.16. The van der Waals surface area contributed by atoms with Crippen LogP contribution >= 0.6 is 24.0 Å². The zero-order valence-corrected chi connectivity index (χ0v) is 18.8. The molecule has 0 spiro atoms. The first-order valence-electron chi connectivity index (χ1n) is 9.43. The molecule has 0 bridgehead atoms. The lowest BCUT2D eigenvalue weighted by Crippen LogP contribution is -2.44. The number of nitrogens with one attached hydrogen (secondary N) is 3. The van der Waals surface area contributed by atoms with Crippen molar-refractivity contribution in [2.45, 2.75) is 71.9 Å². The van der Waals surface area contributed by atoms with Crippen molar-refractivity contribution in [2.24, 2.45) is 4.99 Å². The van der Waals surface area contributed by atoms with Gasteiger partial charge in [0, 0.05) is 44.3 Å². The molecule has 5 nitrogen and oxygen atoms in total. The molecular formula is C18H40IN5. The summed E-state index contributed by atoms with van der Waals surface area (Å²) in [5, 5.41) is 10.2. The molecule has 24 heavy (non-hydrogen) atoms. The van der Waals surface area contributed by atoms with Crippen LogP contribution in [-0.2, 0) is 0 Å². The molecule has 6 heteroatoms. The predicted octanol–water partition coefficient (Wildman–Crippen LogP) is 2.81. The van der Waals surface area contributed by atoms with Gasteiger partial charge in [-0.05, 0) is 60.4 Å². The van der Waals surface area contributed by atoms with Crippen molar-refractivity contribution in [2.75, 3.05) is 39.3 Å². The minimum atomic E-state index is 0. The fourth-order valence-electron chi connectivity index (χ4n) is 2.91. The zero-order chi connectivity index (χ0) is 17.1. The number of likely N-dealkylation sites (tertiary alicyclic amines) is 1. The van der Waals surface area contributed by atoms with E-state index in [2.05, 4.69) is 55.5 Å². The van der Waals surface area contributed by atoms with Crippen molar-refractivity contribution in [3.8, 4) is 0 Å². The summed E-state index contributed by atoms with van der Waals surface area (Å²) in [6.45, 7) is 17.1. The lowest BCUT2D eigenvalue weighted by atomic mass is 10.0. The molecule has 1 aliphatic heterocycles. The van der Waals surface area contributed by atoms with Crippen molar-refractivity contribution in [1.29, 1.82) is 0 Å². The van der Waals surface area contributed by atoms with Crippen LogP contribution in [0.4, 0.5) is 0 Å². The number of hydrogen-bond acceptors (Lipinski definition) is 3. The van der Waals surface area contributed by atoms with Gasteiger partial charge in [0.05, 0.1) is 0 Å². The standard InChI is InChI=1S/C18H39N5.HI/c1-6-19-17(21-12-13-22-18(3,4)5)20-11-9-15-23-14-8-7-10-16(23)2;/h16,22H,6-15H2,1-5H3,(H2,19,20,21);1H. The minimum absolute atomic E-state index is 0. The summed E-state index contributed by atoms with van der Waals surface area (Å²) in [7, 11) is 0. The Kier molecular flexibility index (Phi) is 13.1. The van der Waals surface area contributed by atoms with Crippen LogP contribution in [0.2, 0.25) is 0 Å². The molecule has 1 unspecified atom stereocenters. The highest BCUT2D eigenvalue weighted by Gasteiger charge is 2.16. The first-order valence-corrected chi connectivity index (χ1v) is 9.43. The fraction of sp³-hybridized carbons (Fsp3) is 0.944. The van der Waals surface area contributed by atoms with Crippen molar-refractivity contribution in [3.63, 3.8) is 0 Å². The van der Waals surface area contributed by atoms with Crippen LogP contribution in [0.1, 0.15) is 60.3 Å². The van der Waals surface area contributed by atoms with Gasteiger partial charge < -0.3 is 20.9 Å². The molecule has 1 atom stereocenters. The predicted molar refractivity (Wildman–Crippen MR) is 117 cm³/mol. The molecule has 1 heterocycles. The highest BCUT2D eigenvalue weighted by atomic mass is 127. The third kappa shape index (κ3) is 11.5. The third-order valence-electron chi connectivity index (χ3n) is 4.23. The Balaban J connectivity index is 0.00000529. The Morgan fingerprint density at radius 3 is 2.54 bits per heavy atom. The van der Waals surface area contributed by atoms with Gasteiger partial charge in [-0.15, -0.1) is 24.0 Å². The van der Waals surface area contributed by atoms with Crippen LogP contribution in [0.3, 0.4) is 0 Å². The molecule has 0 radical (unpaired) electrons. The van der Waals surface area contributed by atoms with Gasteiger partial charge in [0.1, 0.15) is 0 Å². The van der Waals surface area contributed by atoms with Gasteiger partial charge in [0.25, 0.3) is 0 Å². The van der Waals surface area contributed by atoms with E-state index in [4.69, 9.17) is 4.99 Å². The van der Waals surface area contributed by atoms with Crippen molar-refractivity contribution >= 4 is 29.9 Å². The zero-order valence-electron chi connectivity index (χ0n) is 16.5. The van der Waals surface area contributed by atoms with E-state index in [0.29, 0.717) is 0 Å². The number of nitrogens with zero attached hydrogens (tertiary/aromatic N) is 2. The van der Waals surface area contributed by atoms with Gasteiger partial charge in [0.15, 0.2) is 5.96 Å². The third-order valence-corrected chi connectivity index (χ3v) is 4.23. The first-order chi connectivity index (χ1) is 10.9. The summed E-state index contributed by atoms with van der Waals surface area (Å²) in [6.07, 6.45) is 5.25. The Labute approximate surface area is 166 Å². The van der Waals surface area contributed by atoms with E-state index in [0.717, 1.165) is 44.6 Å². The van der Waals surface area contributed by atoms with Crippen LogP contribution in [0.25, 0.3) is 0 Å². The molecule has 1 aliphatic rings. The molecule has 0 aliphatic carbocycles. The SMILES string of the molecule is CCNC(=NCCCN1CCCCC1C)NCCNC(C)(C)C.I. The van der Waals surface area contributed by atoms with E-state index in [-0.39, 0.29) is 29.5 Å². The van der Waals surface area contributed by atoms with E-state index < -0.39 is 0 Å². The van der Waals surface area contributed by atoms with Crippen LogP contribution in [-0.4, -0.2) is 61.7 Å². The van der Waals surface area contributed by atoms with E-state index in [1.807, 2.05) is 0 Å².